The Morgan fingerprint density at radius 2 is 1.94 bits per heavy atom. The molecule has 0 fully saturated rings. The van der Waals surface area contributed by atoms with E-state index in [1.807, 2.05) is 7.05 Å². The first-order chi connectivity index (χ1) is 8.38. The summed E-state index contributed by atoms with van der Waals surface area (Å²) in [5.41, 5.74) is 0.951. The van der Waals surface area contributed by atoms with E-state index in [0.29, 0.717) is 12.5 Å². The Balaban J connectivity index is 2.66. The van der Waals surface area contributed by atoms with Gasteiger partial charge in [0.2, 0.25) is 0 Å². The van der Waals surface area contributed by atoms with Gasteiger partial charge in [-0.25, -0.2) is 4.39 Å². The van der Waals surface area contributed by atoms with Crippen molar-refractivity contribution in [2.75, 3.05) is 13.6 Å². The normalized spacial score (nSPS) is 11.3. The minimum Gasteiger partial charge on any atom is -0.423 e. The lowest BCUT2D eigenvalue weighted by molar-refractivity contribution is 0.303. The Hall–Kier alpha value is -0.905. The van der Waals surface area contributed by atoms with Crippen LogP contribution in [0.1, 0.15) is 25.8 Å². The van der Waals surface area contributed by atoms with Crippen LogP contribution in [-0.2, 0) is 6.54 Å². The summed E-state index contributed by atoms with van der Waals surface area (Å²) in [6, 6.07) is 4.19. The van der Waals surface area contributed by atoms with Crippen LogP contribution in [0.15, 0.2) is 18.2 Å². The number of hydrogen-bond donors (Lipinski definition) is 2. The van der Waals surface area contributed by atoms with E-state index in [1.54, 1.807) is 6.07 Å². The predicted molar refractivity (Wildman–Crippen MR) is 72.0 cm³/mol. The van der Waals surface area contributed by atoms with Gasteiger partial charge in [-0.15, -0.1) is 0 Å². The summed E-state index contributed by atoms with van der Waals surface area (Å²) in [6.45, 7) is 5.86. The second-order valence-corrected chi connectivity index (χ2v) is 5.19. The maximum absolute atomic E-state index is 13.3. The number of rotatable bonds is 6. The zero-order valence-electron chi connectivity index (χ0n) is 11.2. The Kier molecular flexibility index (Phi) is 5.79. The van der Waals surface area contributed by atoms with E-state index >= 15 is 0 Å². The summed E-state index contributed by atoms with van der Waals surface area (Å²) in [7, 11) is 0.350. The zero-order chi connectivity index (χ0) is 13.7. The second-order valence-electron chi connectivity index (χ2n) is 5.19. The van der Waals surface area contributed by atoms with E-state index in [-0.39, 0.29) is 5.46 Å². The van der Waals surface area contributed by atoms with Crippen LogP contribution >= 0.6 is 0 Å². The van der Waals surface area contributed by atoms with Gasteiger partial charge in [0, 0.05) is 6.54 Å². The summed E-state index contributed by atoms with van der Waals surface area (Å²) >= 11 is 0. The summed E-state index contributed by atoms with van der Waals surface area (Å²) in [5.74, 6) is 0.197. The van der Waals surface area contributed by atoms with Gasteiger partial charge in [-0.3, -0.25) is 0 Å². The monoisotopic (exact) mass is 253 g/mol. The second kappa shape index (κ2) is 6.88. The van der Waals surface area contributed by atoms with Crippen molar-refractivity contribution in [3.63, 3.8) is 0 Å². The van der Waals surface area contributed by atoms with Gasteiger partial charge in [-0.05, 0) is 49.1 Å². The molecule has 0 radical (unpaired) electrons. The summed E-state index contributed by atoms with van der Waals surface area (Å²) in [4.78, 5) is 2.10. The average molecular weight is 253 g/mol. The van der Waals surface area contributed by atoms with Gasteiger partial charge in [0.25, 0.3) is 0 Å². The van der Waals surface area contributed by atoms with Crippen molar-refractivity contribution in [1.82, 2.24) is 4.90 Å². The van der Waals surface area contributed by atoms with Crippen molar-refractivity contribution < 1.29 is 14.4 Å². The van der Waals surface area contributed by atoms with Crippen molar-refractivity contribution in [3.05, 3.63) is 29.6 Å². The molecule has 1 rings (SSSR count). The molecule has 0 atom stereocenters. The molecule has 0 amide bonds. The van der Waals surface area contributed by atoms with Crippen molar-refractivity contribution in [2.45, 2.75) is 26.8 Å². The first kappa shape index (κ1) is 15.2. The maximum atomic E-state index is 13.3. The summed E-state index contributed by atoms with van der Waals surface area (Å²) < 4.78 is 13.3. The largest absolute Gasteiger partial charge is 0.488 e. The third-order valence-corrected chi connectivity index (χ3v) is 2.82. The fourth-order valence-electron chi connectivity index (χ4n) is 1.79. The molecule has 0 spiro atoms. The molecule has 0 saturated heterocycles. The molecule has 1 aromatic carbocycles. The van der Waals surface area contributed by atoms with Crippen molar-refractivity contribution in [1.29, 1.82) is 0 Å². The third-order valence-electron chi connectivity index (χ3n) is 2.82. The van der Waals surface area contributed by atoms with Crippen LogP contribution in [0.3, 0.4) is 0 Å². The quantitative estimate of drug-likeness (QED) is 0.743. The summed E-state index contributed by atoms with van der Waals surface area (Å²) in [5, 5.41) is 18.1. The zero-order valence-corrected chi connectivity index (χ0v) is 11.2. The third kappa shape index (κ3) is 5.17. The highest BCUT2D eigenvalue weighted by atomic mass is 19.1. The van der Waals surface area contributed by atoms with Crippen molar-refractivity contribution in [3.8, 4) is 0 Å². The minimum absolute atomic E-state index is 0.197. The molecule has 0 unspecified atom stereocenters. The lowest BCUT2D eigenvalue weighted by atomic mass is 9.79. The van der Waals surface area contributed by atoms with Gasteiger partial charge >= 0.3 is 7.12 Å². The predicted octanol–water partition coefficient (Wildman–Crippen LogP) is 0.983. The molecule has 18 heavy (non-hydrogen) atoms. The maximum Gasteiger partial charge on any atom is 0.488 e. The Morgan fingerprint density at radius 3 is 2.50 bits per heavy atom. The van der Waals surface area contributed by atoms with Crippen molar-refractivity contribution in [2.24, 2.45) is 5.92 Å². The van der Waals surface area contributed by atoms with E-state index in [0.717, 1.165) is 24.6 Å². The van der Waals surface area contributed by atoms with Crippen LogP contribution < -0.4 is 5.46 Å². The minimum atomic E-state index is -1.62. The number of nitrogens with zero attached hydrogens (tertiary/aromatic N) is 1. The van der Waals surface area contributed by atoms with Crippen LogP contribution in [0.5, 0.6) is 0 Å². The van der Waals surface area contributed by atoms with Crippen LogP contribution in [0.2, 0.25) is 0 Å². The molecular weight excluding hydrogens is 232 g/mol. The molecule has 0 bridgehead atoms. The van der Waals surface area contributed by atoms with E-state index in [1.165, 1.54) is 6.07 Å². The van der Waals surface area contributed by atoms with E-state index in [2.05, 4.69) is 18.7 Å². The highest BCUT2D eigenvalue weighted by Gasteiger charge is 2.13. The number of halogens is 1. The van der Waals surface area contributed by atoms with Crippen LogP contribution in [0, 0.1) is 11.7 Å². The van der Waals surface area contributed by atoms with Crippen molar-refractivity contribution >= 4 is 12.6 Å². The number of hydrogen-bond acceptors (Lipinski definition) is 3. The molecule has 0 aliphatic rings. The smallest absolute Gasteiger partial charge is 0.423 e. The highest BCUT2D eigenvalue weighted by Crippen LogP contribution is 2.07. The Bertz CT molecular complexity index is 385. The van der Waals surface area contributed by atoms with Gasteiger partial charge in [0.05, 0.1) is 0 Å². The fourth-order valence-corrected chi connectivity index (χ4v) is 1.79. The van der Waals surface area contributed by atoms with Crippen LogP contribution in [-0.4, -0.2) is 35.7 Å². The standard InChI is InChI=1S/C13H21BFNO2/c1-10(2)4-5-16(3)9-11-6-12(14(17)18)8-13(15)7-11/h6-8,10,17-18H,4-5,9H2,1-3H3. The molecule has 2 N–H and O–H groups in total. The van der Waals surface area contributed by atoms with Gasteiger partial charge in [0.15, 0.2) is 0 Å². The topological polar surface area (TPSA) is 43.7 Å². The highest BCUT2D eigenvalue weighted by molar-refractivity contribution is 6.58. The van der Waals surface area contributed by atoms with E-state index < -0.39 is 12.9 Å². The fraction of sp³-hybridized carbons (Fsp3) is 0.538. The van der Waals surface area contributed by atoms with Gasteiger partial charge < -0.3 is 14.9 Å². The molecule has 0 aliphatic carbocycles. The molecule has 0 aromatic heterocycles. The average Bonchev–Trinajstić information content (AvgIpc) is 2.25. The van der Waals surface area contributed by atoms with Gasteiger partial charge in [-0.1, -0.05) is 19.9 Å². The SMILES string of the molecule is CC(C)CCN(C)Cc1cc(F)cc(B(O)O)c1. The van der Waals surface area contributed by atoms with Gasteiger partial charge in [0.1, 0.15) is 5.82 Å². The Labute approximate surface area is 108 Å². The molecule has 5 heteroatoms. The molecule has 0 aliphatic heterocycles. The lowest BCUT2D eigenvalue weighted by Crippen LogP contribution is -2.31. The van der Waals surface area contributed by atoms with Gasteiger partial charge in [-0.2, -0.15) is 0 Å². The molecule has 100 valence electrons. The van der Waals surface area contributed by atoms with Crippen LogP contribution in [0.4, 0.5) is 4.39 Å². The first-order valence-electron chi connectivity index (χ1n) is 6.22. The molecule has 3 nitrogen and oxygen atoms in total. The van der Waals surface area contributed by atoms with Crippen LogP contribution in [0.25, 0.3) is 0 Å². The molecule has 1 aromatic rings. The molecular formula is C13H21BFNO2. The Morgan fingerprint density at radius 1 is 1.28 bits per heavy atom. The van der Waals surface area contributed by atoms with E-state index in [9.17, 15) is 4.39 Å². The molecule has 0 saturated carbocycles. The lowest BCUT2D eigenvalue weighted by Gasteiger charge is -2.18. The first-order valence-corrected chi connectivity index (χ1v) is 6.22. The number of benzene rings is 1. The van der Waals surface area contributed by atoms with E-state index in [4.69, 9.17) is 10.0 Å². The molecule has 0 heterocycles. The summed E-state index contributed by atoms with van der Waals surface area (Å²) in [6.07, 6.45) is 1.08.